The Hall–Kier alpha value is -2.96. The van der Waals surface area contributed by atoms with Crippen molar-refractivity contribution in [1.29, 1.82) is 0 Å². The SMILES string of the molecule is Cc1cc(C)n(C[C@@H](C)NC(=O)c2ccnc(-n3ccnc3)c2)n1. The van der Waals surface area contributed by atoms with Crippen LogP contribution in [0.4, 0.5) is 0 Å². The Morgan fingerprint density at radius 1 is 1.29 bits per heavy atom. The predicted molar refractivity (Wildman–Crippen MR) is 90.0 cm³/mol. The number of hydrogen-bond donors (Lipinski definition) is 1. The lowest BCUT2D eigenvalue weighted by molar-refractivity contribution is 0.0935. The van der Waals surface area contributed by atoms with Crippen molar-refractivity contribution in [2.24, 2.45) is 0 Å². The zero-order chi connectivity index (χ0) is 17.1. The summed E-state index contributed by atoms with van der Waals surface area (Å²) >= 11 is 0. The minimum absolute atomic E-state index is 0.0413. The molecule has 3 aromatic heterocycles. The Balaban J connectivity index is 1.68. The Morgan fingerprint density at radius 2 is 2.12 bits per heavy atom. The lowest BCUT2D eigenvalue weighted by Gasteiger charge is -2.15. The molecule has 0 aliphatic rings. The average Bonchev–Trinajstić information content (AvgIpc) is 3.18. The van der Waals surface area contributed by atoms with Crippen LogP contribution in [0.1, 0.15) is 28.7 Å². The molecule has 0 radical (unpaired) electrons. The summed E-state index contributed by atoms with van der Waals surface area (Å²) in [7, 11) is 0. The topological polar surface area (TPSA) is 77.6 Å². The third kappa shape index (κ3) is 3.51. The van der Waals surface area contributed by atoms with Crippen molar-refractivity contribution in [3.63, 3.8) is 0 Å². The number of pyridine rings is 1. The molecule has 3 aromatic rings. The first-order chi connectivity index (χ1) is 11.5. The fraction of sp³-hybridized carbons (Fsp3) is 0.294. The van der Waals surface area contributed by atoms with Gasteiger partial charge in [0, 0.05) is 35.9 Å². The molecule has 0 fully saturated rings. The summed E-state index contributed by atoms with van der Waals surface area (Å²) in [6.45, 7) is 6.56. The molecule has 0 aliphatic heterocycles. The summed E-state index contributed by atoms with van der Waals surface area (Å²) in [5.41, 5.74) is 2.62. The van der Waals surface area contributed by atoms with Crippen LogP contribution >= 0.6 is 0 Å². The van der Waals surface area contributed by atoms with E-state index in [1.165, 1.54) is 0 Å². The van der Waals surface area contributed by atoms with E-state index >= 15 is 0 Å². The second-order valence-electron chi connectivity index (χ2n) is 5.86. The molecule has 0 aromatic carbocycles. The van der Waals surface area contributed by atoms with Gasteiger partial charge in [0.2, 0.25) is 0 Å². The number of rotatable bonds is 5. The summed E-state index contributed by atoms with van der Waals surface area (Å²) < 4.78 is 3.67. The number of nitrogens with one attached hydrogen (secondary N) is 1. The molecule has 1 amide bonds. The van der Waals surface area contributed by atoms with Gasteiger partial charge >= 0.3 is 0 Å². The average molecular weight is 324 g/mol. The van der Waals surface area contributed by atoms with Gasteiger partial charge < -0.3 is 5.32 Å². The molecule has 0 spiro atoms. The van der Waals surface area contributed by atoms with Crippen molar-refractivity contribution in [1.82, 2.24) is 29.6 Å². The second-order valence-corrected chi connectivity index (χ2v) is 5.86. The minimum atomic E-state index is -0.132. The zero-order valence-electron chi connectivity index (χ0n) is 14.0. The molecule has 1 atom stereocenters. The Labute approximate surface area is 140 Å². The zero-order valence-corrected chi connectivity index (χ0v) is 14.0. The van der Waals surface area contributed by atoms with Crippen LogP contribution in [0.3, 0.4) is 0 Å². The Morgan fingerprint density at radius 3 is 2.79 bits per heavy atom. The molecule has 7 heteroatoms. The fourth-order valence-corrected chi connectivity index (χ4v) is 2.57. The number of carbonyl (C=O) groups excluding carboxylic acids is 1. The highest BCUT2D eigenvalue weighted by Crippen LogP contribution is 2.08. The molecule has 0 saturated heterocycles. The Bertz CT molecular complexity index is 837. The van der Waals surface area contributed by atoms with Crippen molar-refractivity contribution in [3.05, 3.63) is 60.1 Å². The first kappa shape index (κ1) is 15.9. The molecular weight excluding hydrogens is 304 g/mol. The molecular formula is C17H20N6O. The predicted octanol–water partition coefficient (Wildman–Crippen LogP) is 1.90. The number of aromatic nitrogens is 5. The molecule has 124 valence electrons. The van der Waals surface area contributed by atoms with Gasteiger partial charge in [0.1, 0.15) is 12.1 Å². The molecule has 0 aliphatic carbocycles. The maximum Gasteiger partial charge on any atom is 0.251 e. The molecule has 7 nitrogen and oxygen atoms in total. The van der Waals surface area contributed by atoms with E-state index in [0.717, 1.165) is 11.4 Å². The smallest absolute Gasteiger partial charge is 0.251 e. The highest BCUT2D eigenvalue weighted by molar-refractivity contribution is 5.94. The highest BCUT2D eigenvalue weighted by atomic mass is 16.1. The maximum absolute atomic E-state index is 12.5. The third-order valence-corrected chi connectivity index (χ3v) is 3.70. The largest absolute Gasteiger partial charge is 0.348 e. The third-order valence-electron chi connectivity index (χ3n) is 3.70. The standard InChI is InChI=1S/C17H20N6O/c1-12-8-14(3)23(21-12)10-13(2)20-17(24)15-4-5-19-16(9-15)22-7-6-18-11-22/h4-9,11,13H,10H2,1-3H3,(H,20,24)/t13-/m1/s1. The second kappa shape index (κ2) is 6.66. The van der Waals surface area contributed by atoms with Gasteiger partial charge in [-0.3, -0.25) is 14.0 Å². The normalized spacial score (nSPS) is 12.1. The van der Waals surface area contributed by atoms with Gasteiger partial charge in [-0.1, -0.05) is 0 Å². The lowest BCUT2D eigenvalue weighted by atomic mass is 10.2. The quantitative estimate of drug-likeness (QED) is 0.777. The van der Waals surface area contributed by atoms with E-state index in [4.69, 9.17) is 0 Å². The number of imidazole rings is 1. The van der Waals surface area contributed by atoms with Crippen LogP contribution in [0.5, 0.6) is 0 Å². The van der Waals surface area contributed by atoms with Gasteiger partial charge in [-0.2, -0.15) is 5.10 Å². The van der Waals surface area contributed by atoms with Crippen molar-refractivity contribution in [2.45, 2.75) is 33.4 Å². The van der Waals surface area contributed by atoms with Crippen LogP contribution in [-0.4, -0.2) is 36.3 Å². The van der Waals surface area contributed by atoms with Crippen LogP contribution in [0.2, 0.25) is 0 Å². The maximum atomic E-state index is 12.5. The lowest BCUT2D eigenvalue weighted by Crippen LogP contribution is -2.36. The van der Waals surface area contributed by atoms with Crippen LogP contribution in [0, 0.1) is 13.8 Å². The number of nitrogens with zero attached hydrogens (tertiary/aromatic N) is 5. The fourth-order valence-electron chi connectivity index (χ4n) is 2.57. The summed E-state index contributed by atoms with van der Waals surface area (Å²) in [6, 6.07) is 5.42. The molecule has 0 bridgehead atoms. The van der Waals surface area contributed by atoms with E-state index in [-0.39, 0.29) is 11.9 Å². The van der Waals surface area contributed by atoms with E-state index < -0.39 is 0 Å². The van der Waals surface area contributed by atoms with Gasteiger partial charge in [-0.15, -0.1) is 0 Å². The first-order valence-corrected chi connectivity index (χ1v) is 7.79. The number of hydrogen-bond acceptors (Lipinski definition) is 4. The number of carbonyl (C=O) groups is 1. The van der Waals surface area contributed by atoms with Crippen LogP contribution in [0.15, 0.2) is 43.1 Å². The monoisotopic (exact) mass is 324 g/mol. The van der Waals surface area contributed by atoms with Crippen LogP contribution in [-0.2, 0) is 6.54 Å². The van der Waals surface area contributed by atoms with Crippen molar-refractivity contribution < 1.29 is 4.79 Å². The van der Waals surface area contributed by atoms with Crippen molar-refractivity contribution >= 4 is 5.91 Å². The molecule has 0 saturated carbocycles. The molecule has 3 heterocycles. The van der Waals surface area contributed by atoms with E-state index in [2.05, 4.69) is 20.4 Å². The van der Waals surface area contributed by atoms with E-state index in [9.17, 15) is 4.79 Å². The minimum Gasteiger partial charge on any atom is -0.348 e. The summed E-state index contributed by atoms with van der Waals surface area (Å²) in [6.07, 6.45) is 6.73. The van der Waals surface area contributed by atoms with Gasteiger partial charge in [0.15, 0.2) is 0 Å². The first-order valence-electron chi connectivity index (χ1n) is 7.79. The van der Waals surface area contributed by atoms with E-state index in [0.29, 0.717) is 17.9 Å². The number of amides is 1. The summed E-state index contributed by atoms with van der Waals surface area (Å²) in [5, 5.41) is 7.42. The summed E-state index contributed by atoms with van der Waals surface area (Å²) in [4.78, 5) is 20.7. The van der Waals surface area contributed by atoms with Gasteiger partial charge in [-0.25, -0.2) is 9.97 Å². The van der Waals surface area contributed by atoms with E-state index in [1.54, 1.807) is 41.6 Å². The molecule has 1 N–H and O–H groups in total. The molecule has 24 heavy (non-hydrogen) atoms. The van der Waals surface area contributed by atoms with Crippen LogP contribution < -0.4 is 5.32 Å². The van der Waals surface area contributed by atoms with Gasteiger partial charge in [0.25, 0.3) is 5.91 Å². The Kier molecular flexibility index (Phi) is 4.41. The van der Waals surface area contributed by atoms with E-state index in [1.807, 2.05) is 31.5 Å². The summed E-state index contributed by atoms with van der Waals surface area (Å²) in [5.74, 6) is 0.527. The molecule has 3 rings (SSSR count). The van der Waals surface area contributed by atoms with Crippen molar-refractivity contribution in [2.75, 3.05) is 0 Å². The van der Waals surface area contributed by atoms with Gasteiger partial charge in [0.05, 0.1) is 12.2 Å². The van der Waals surface area contributed by atoms with Crippen LogP contribution in [0.25, 0.3) is 5.82 Å². The number of aryl methyl sites for hydroxylation is 2. The van der Waals surface area contributed by atoms with Gasteiger partial charge in [-0.05, 0) is 39.0 Å². The highest BCUT2D eigenvalue weighted by Gasteiger charge is 2.13. The van der Waals surface area contributed by atoms with Crippen molar-refractivity contribution in [3.8, 4) is 5.82 Å². The molecule has 0 unspecified atom stereocenters.